The van der Waals surface area contributed by atoms with Gasteiger partial charge in [-0.1, -0.05) is 6.92 Å². The first-order valence-corrected chi connectivity index (χ1v) is 9.45. The Labute approximate surface area is 151 Å². The summed E-state index contributed by atoms with van der Waals surface area (Å²) in [5, 5.41) is 3.53. The predicted molar refractivity (Wildman–Crippen MR) is 98.6 cm³/mol. The molecule has 2 heterocycles. The van der Waals surface area contributed by atoms with Crippen LogP contribution in [0.25, 0.3) is 0 Å². The van der Waals surface area contributed by atoms with E-state index in [1.807, 2.05) is 36.0 Å². The molecule has 3 rings (SSSR count). The highest BCUT2D eigenvalue weighted by molar-refractivity contribution is 7.17. The zero-order chi connectivity index (χ0) is 18.0. The first kappa shape index (κ1) is 17.6. The molecule has 1 unspecified atom stereocenters. The largest absolute Gasteiger partial charge is 0.365 e. The summed E-state index contributed by atoms with van der Waals surface area (Å²) in [6.45, 7) is 4.84. The minimum Gasteiger partial charge on any atom is -0.365 e. The van der Waals surface area contributed by atoms with Crippen molar-refractivity contribution in [3.05, 3.63) is 46.1 Å². The molecule has 0 aromatic carbocycles. The molecule has 2 amide bonds. The first-order valence-electron chi connectivity index (χ1n) is 8.64. The number of nitrogens with zero attached hydrogens (tertiary/aromatic N) is 1. The van der Waals surface area contributed by atoms with Crippen molar-refractivity contribution in [1.29, 1.82) is 0 Å². The molecule has 2 aromatic rings. The number of aromatic nitrogens is 1. The van der Waals surface area contributed by atoms with Gasteiger partial charge in [-0.15, -0.1) is 11.3 Å². The van der Waals surface area contributed by atoms with Crippen LogP contribution >= 0.6 is 11.3 Å². The number of hydrogen-bond acceptors (Lipinski definition) is 3. The molecule has 1 aliphatic carbocycles. The number of carbonyl (C=O) groups excluding carboxylic acids is 2. The highest BCUT2D eigenvalue weighted by Gasteiger charge is 2.27. The van der Waals surface area contributed by atoms with Crippen molar-refractivity contribution >= 4 is 28.2 Å². The number of pyridine rings is 1. The normalized spacial score (nSPS) is 16.3. The smallest absolute Gasteiger partial charge is 0.251 e. The van der Waals surface area contributed by atoms with Gasteiger partial charge in [0.15, 0.2) is 18.9 Å². The van der Waals surface area contributed by atoms with E-state index in [0.29, 0.717) is 29.4 Å². The highest BCUT2D eigenvalue weighted by atomic mass is 32.1. The van der Waals surface area contributed by atoms with Crippen molar-refractivity contribution < 1.29 is 14.2 Å². The number of aryl methyl sites for hydroxylation is 2. The van der Waals surface area contributed by atoms with Crippen LogP contribution in [0.2, 0.25) is 0 Å². The lowest BCUT2D eigenvalue weighted by Crippen LogP contribution is -2.34. The summed E-state index contributed by atoms with van der Waals surface area (Å²) in [5.74, 6) is 0.0610. The average Bonchev–Trinajstić information content (AvgIpc) is 2.91. The maximum Gasteiger partial charge on any atom is 0.251 e. The molecule has 6 heteroatoms. The maximum atomic E-state index is 12.3. The number of nitrogens with one attached hydrogen (secondary N) is 1. The highest BCUT2D eigenvalue weighted by Crippen LogP contribution is 2.39. The summed E-state index contributed by atoms with van der Waals surface area (Å²) in [4.78, 5) is 25.4. The molecule has 0 fully saturated rings. The van der Waals surface area contributed by atoms with E-state index < -0.39 is 5.91 Å². The molecule has 5 nitrogen and oxygen atoms in total. The molecule has 0 saturated carbocycles. The third-order valence-electron chi connectivity index (χ3n) is 4.67. The number of rotatable bonds is 5. The van der Waals surface area contributed by atoms with E-state index in [0.717, 1.165) is 24.8 Å². The number of fused-ring (bicyclic) bond motifs is 1. The summed E-state index contributed by atoms with van der Waals surface area (Å²) in [6.07, 6.45) is 7.15. The molecule has 0 spiro atoms. The van der Waals surface area contributed by atoms with Gasteiger partial charge in [0.05, 0.1) is 12.0 Å². The lowest BCUT2D eigenvalue weighted by atomic mass is 9.88. The van der Waals surface area contributed by atoms with E-state index in [1.165, 1.54) is 21.8 Å². The van der Waals surface area contributed by atoms with Crippen LogP contribution in [-0.2, 0) is 24.2 Å². The van der Waals surface area contributed by atoms with Crippen molar-refractivity contribution in [3.8, 4) is 0 Å². The van der Waals surface area contributed by atoms with Gasteiger partial charge in [-0.25, -0.2) is 4.57 Å². The number of anilines is 1. The summed E-state index contributed by atoms with van der Waals surface area (Å²) >= 11 is 1.51. The Bertz CT molecular complexity index is 796. The predicted octanol–water partition coefficient (Wildman–Crippen LogP) is 2.60. The second kappa shape index (κ2) is 7.35. The van der Waals surface area contributed by atoms with Gasteiger partial charge in [-0.3, -0.25) is 9.59 Å². The Kier molecular flexibility index (Phi) is 5.18. The van der Waals surface area contributed by atoms with Crippen LogP contribution in [0.1, 0.15) is 46.1 Å². The molecular formula is C19H24N3O2S+. The number of thiophene rings is 1. The van der Waals surface area contributed by atoms with Gasteiger partial charge in [0.25, 0.3) is 5.91 Å². The van der Waals surface area contributed by atoms with E-state index >= 15 is 0 Å². The monoisotopic (exact) mass is 358 g/mol. The lowest BCUT2D eigenvalue weighted by molar-refractivity contribution is -0.695. The zero-order valence-corrected chi connectivity index (χ0v) is 15.5. The summed E-state index contributed by atoms with van der Waals surface area (Å²) in [6, 6.07) is 4.02. The van der Waals surface area contributed by atoms with E-state index in [-0.39, 0.29) is 5.91 Å². The minimum absolute atomic E-state index is 0.0952. The van der Waals surface area contributed by atoms with Gasteiger partial charge in [0.2, 0.25) is 5.91 Å². The fourth-order valence-electron chi connectivity index (χ4n) is 3.20. The molecule has 0 saturated heterocycles. The van der Waals surface area contributed by atoms with Crippen LogP contribution in [0.3, 0.4) is 0 Å². The Hall–Kier alpha value is -2.21. The second-order valence-electron chi connectivity index (χ2n) is 6.83. The van der Waals surface area contributed by atoms with Gasteiger partial charge in [0.1, 0.15) is 5.00 Å². The van der Waals surface area contributed by atoms with E-state index in [2.05, 4.69) is 12.2 Å². The van der Waals surface area contributed by atoms with Gasteiger partial charge in [-0.2, -0.15) is 0 Å². The molecule has 1 aliphatic rings. The number of primary amides is 1. The second-order valence-corrected chi connectivity index (χ2v) is 7.94. The van der Waals surface area contributed by atoms with Crippen LogP contribution < -0.4 is 15.6 Å². The van der Waals surface area contributed by atoms with Gasteiger partial charge >= 0.3 is 0 Å². The topological polar surface area (TPSA) is 76.1 Å². The Morgan fingerprint density at radius 2 is 2.08 bits per heavy atom. The van der Waals surface area contributed by atoms with Crippen molar-refractivity contribution in [2.45, 2.75) is 46.1 Å². The molecule has 0 aliphatic heterocycles. The fraction of sp³-hybridized carbons (Fsp3) is 0.421. The molecule has 1 atom stereocenters. The maximum absolute atomic E-state index is 12.3. The van der Waals surface area contributed by atoms with Crippen LogP contribution in [-0.4, -0.2) is 11.8 Å². The van der Waals surface area contributed by atoms with Crippen LogP contribution in [0, 0.1) is 12.8 Å². The fourth-order valence-corrected chi connectivity index (χ4v) is 4.63. The van der Waals surface area contributed by atoms with Gasteiger partial charge in [0, 0.05) is 17.0 Å². The number of carbonyl (C=O) groups is 2. The zero-order valence-electron chi connectivity index (χ0n) is 14.7. The first-order chi connectivity index (χ1) is 11.9. The van der Waals surface area contributed by atoms with Gasteiger partial charge < -0.3 is 11.1 Å². The molecule has 25 heavy (non-hydrogen) atoms. The number of amides is 2. The number of nitrogens with two attached hydrogens (primary N) is 1. The summed E-state index contributed by atoms with van der Waals surface area (Å²) in [5.41, 5.74) is 8.33. The van der Waals surface area contributed by atoms with Crippen LogP contribution in [0.5, 0.6) is 0 Å². The van der Waals surface area contributed by atoms with E-state index in [1.54, 1.807) is 0 Å². The number of hydrogen-bond donors (Lipinski definition) is 2. The Morgan fingerprint density at radius 3 is 2.76 bits per heavy atom. The third-order valence-corrected chi connectivity index (χ3v) is 5.84. The van der Waals surface area contributed by atoms with E-state index in [4.69, 9.17) is 5.73 Å². The molecule has 2 aromatic heterocycles. The van der Waals surface area contributed by atoms with Crippen molar-refractivity contribution in [1.82, 2.24) is 0 Å². The standard InChI is InChI=1S/C19H23N3O2S/c1-12-5-8-22(9-6-12)10-7-16(23)21-19-17(18(20)24)14-4-3-13(2)11-15(14)25-19/h5-6,8-9,13H,3-4,7,10-11H2,1-2H3,(H2-,20,21,23,24)/p+1. The van der Waals surface area contributed by atoms with Crippen molar-refractivity contribution in [3.63, 3.8) is 0 Å². The SMILES string of the molecule is Cc1cc[n+](CCC(=O)Nc2sc3c(c2C(N)=O)CCC(C)C3)cc1. The lowest BCUT2D eigenvalue weighted by Gasteiger charge is -2.18. The third kappa shape index (κ3) is 4.07. The molecule has 0 radical (unpaired) electrons. The van der Waals surface area contributed by atoms with Crippen LogP contribution in [0.4, 0.5) is 5.00 Å². The Balaban J connectivity index is 1.70. The minimum atomic E-state index is -0.449. The average molecular weight is 358 g/mol. The van der Waals surface area contributed by atoms with Gasteiger partial charge in [-0.05, 0) is 43.2 Å². The molecule has 0 bridgehead atoms. The quantitative estimate of drug-likeness (QED) is 0.806. The molecule has 3 N–H and O–H groups in total. The van der Waals surface area contributed by atoms with Crippen molar-refractivity contribution in [2.75, 3.05) is 5.32 Å². The van der Waals surface area contributed by atoms with Crippen LogP contribution in [0.15, 0.2) is 24.5 Å². The Morgan fingerprint density at radius 1 is 1.36 bits per heavy atom. The molecular weight excluding hydrogens is 334 g/mol. The molecule has 132 valence electrons. The summed E-state index contributed by atoms with van der Waals surface area (Å²) in [7, 11) is 0. The summed E-state index contributed by atoms with van der Waals surface area (Å²) < 4.78 is 1.97. The van der Waals surface area contributed by atoms with Crippen molar-refractivity contribution in [2.24, 2.45) is 11.7 Å². The van der Waals surface area contributed by atoms with E-state index in [9.17, 15) is 9.59 Å².